The maximum atomic E-state index is 12.3. The summed E-state index contributed by atoms with van der Waals surface area (Å²) >= 11 is 0. The van der Waals surface area contributed by atoms with Crippen molar-refractivity contribution in [3.63, 3.8) is 0 Å². The number of hydrogen-bond acceptors (Lipinski definition) is 5. The number of hydrogen-bond donors (Lipinski definition) is 3. The minimum atomic E-state index is -1.63. The number of ketones is 2. The number of Topliss-reactive ketones (excluding diaryl/α,β-unsaturated/α-hetero) is 1. The summed E-state index contributed by atoms with van der Waals surface area (Å²) in [6.07, 6.45) is 9.12. The van der Waals surface area contributed by atoms with Crippen LogP contribution < -0.4 is 0 Å². The van der Waals surface area contributed by atoms with E-state index in [0.29, 0.717) is 6.42 Å². The summed E-state index contributed by atoms with van der Waals surface area (Å²) in [5.41, 5.74) is -0.354. The molecular weight excluding hydrogens is 332 g/mol. The number of aliphatic hydroxyl groups excluding tert-OH is 2. The SMILES string of the molecule is C[C@]12C=CC(=O)C=C1C=CC1=C2C(O)C[C@@]2(C)[C@H]1CC[C@]2(O)C(=O)CO. The highest BCUT2D eigenvalue weighted by molar-refractivity contribution is 6.02. The first-order valence-corrected chi connectivity index (χ1v) is 9.10. The molecule has 0 aliphatic heterocycles. The van der Waals surface area contributed by atoms with Gasteiger partial charge in [0.05, 0.1) is 6.10 Å². The van der Waals surface area contributed by atoms with Gasteiger partial charge in [-0.2, -0.15) is 0 Å². The molecule has 3 N–H and O–H groups in total. The predicted molar refractivity (Wildman–Crippen MR) is 95.0 cm³/mol. The van der Waals surface area contributed by atoms with E-state index in [9.17, 15) is 24.9 Å². The molecule has 138 valence electrons. The molecule has 0 bridgehead atoms. The Kier molecular flexibility index (Phi) is 3.62. The Hall–Kier alpha value is -1.82. The fourth-order valence-corrected chi connectivity index (χ4v) is 5.72. The summed E-state index contributed by atoms with van der Waals surface area (Å²) in [6, 6.07) is 0. The van der Waals surface area contributed by atoms with E-state index in [0.717, 1.165) is 16.7 Å². The molecule has 26 heavy (non-hydrogen) atoms. The van der Waals surface area contributed by atoms with Crippen LogP contribution in [-0.2, 0) is 9.59 Å². The average Bonchev–Trinajstić information content (AvgIpc) is 2.86. The van der Waals surface area contributed by atoms with E-state index in [2.05, 4.69) is 0 Å². The Morgan fingerprint density at radius 3 is 2.69 bits per heavy atom. The van der Waals surface area contributed by atoms with Gasteiger partial charge >= 0.3 is 0 Å². The molecule has 0 aromatic heterocycles. The first-order valence-electron chi connectivity index (χ1n) is 9.10. The van der Waals surface area contributed by atoms with E-state index in [1.807, 2.05) is 32.1 Å². The molecule has 5 heteroatoms. The molecule has 0 amide bonds. The van der Waals surface area contributed by atoms with Crippen LogP contribution in [0, 0.1) is 16.7 Å². The van der Waals surface area contributed by atoms with Gasteiger partial charge in [0.2, 0.25) is 0 Å². The summed E-state index contributed by atoms with van der Waals surface area (Å²) in [5.74, 6) is -0.722. The lowest BCUT2D eigenvalue weighted by molar-refractivity contribution is -0.156. The number of fused-ring (bicyclic) bond motifs is 4. The zero-order valence-corrected chi connectivity index (χ0v) is 15.0. The largest absolute Gasteiger partial charge is 0.389 e. The van der Waals surface area contributed by atoms with Gasteiger partial charge in [0, 0.05) is 10.8 Å². The van der Waals surface area contributed by atoms with Crippen LogP contribution in [0.1, 0.15) is 33.1 Å². The lowest BCUT2D eigenvalue weighted by atomic mass is 9.54. The quantitative estimate of drug-likeness (QED) is 0.695. The topological polar surface area (TPSA) is 94.8 Å². The third-order valence-electron chi connectivity index (χ3n) is 7.23. The van der Waals surface area contributed by atoms with Crippen molar-refractivity contribution in [2.75, 3.05) is 6.61 Å². The molecule has 0 saturated heterocycles. The van der Waals surface area contributed by atoms with Gasteiger partial charge in [-0.25, -0.2) is 0 Å². The maximum Gasteiger partial charge on any atom is 0.190 e. The summed E-state index contributed by atoms with van der Waals surface area (Å²) in [5, 5.41) is 31.5. The molecule has 5 nitrogen and oxygen atoms in total. The Morgan fingerprint density at radius 2 is 2.00 bits per heavy atom. The van der Waals surface area contributed by atoms with Gasteiger partial charge < -0.3 is 15.3 Å². The predicted octanol–water partition coefficient (Wildman–Crippen LogP) is 1.40. The van der Waals surface area contributed by atoms with Crippen LogP contribution in [0.4, 0.5) is 0 Å². The summed E-state index contributed by atoms with van der Waals surface area (Å²) in [7, 11) is 0. The Labute approximate surface area is 152 Å². The van der Waals surface area contributed by atoms with Crippen LogP contribution in [-0.4, -0.2) is 45.2 Å². The number of rotatable bonds is 2. The van der Waals surface area contributed by atoms with Crippen LogP contribution >= 0.6 is 0 Å². The zero-order chi connectivity index (χ0) is 18.9. The highest BCUT2D eigenvalue weighted by Crippen LogP contribution is 2.63. The van der Waals surface area contributed by atoms with Gasteiger partial charge in [-0.15, -0.1) is 0 Å². The Balaban J connectivity index is 1.86. The standard InChI is InChI=1S/C21H24O5/c1-19-7-5-13(23)9-12(19)3-4-14-15-6-8-21(26,17(25)11-22)20(15,2)10-16(24)18(14)19/h3-5,7,9,15-16,22,24,26H,6,8,10-11H2,1-2H3/t15-,16?,19-,20-,21-/m0/s1. The fourth-order valence-electron chi connectivity index (χ4n) is 5.72. The van der Waals surface area contributed by atoms with Crippen molar-refractivity contribution >= 4 is 11.6 Å². The highest BCUT2D eigenvalue weighted by atomic mass is 16.3. The highest BCUT2D eigenvalue weighted by Gasteiger charge is 2.64. The maximum absolute atomic E-state index is 12.3. The molecule has 1 unspecified atom stereocenters. The van der Waals surface area contributed by atoms with Crippen molar-refractivity contribution in [1.82, 2.24) is 0 Å². The van der Waals surface area contributed by atoms with Crippen LogP contribution in [0.15, 0.2) is 47.1 Å². The minimum Gasteiger partial charge on any atom is -0.389 e. The second-order valence-corrected chi connectivity index (χ2v) is 8.41. The average molecular weight is 356 g/mol. The normalized spacial score (nSPS) is 43.7. The smallest absolute Gasteiger partial charge is 0.190 e. The van der Waals surface area contributed by atoms with Crippen molar-refractivity contribution in [1.29, 1.82) is 0 Å². The van der Waals surface area contributed by atoms with E-state index in [1.54, 1.807) is 6.08 Å². The summed E-state index contributed by atoms with van der Waals surface area (Å²) in [6.45, 7) is 3.13. The molecule has 4 aliphatic carbocycles. The third kappa shape index (κ3) is 1.96. The van der Waals surface area contributed by atoms with Crippen LogP contribution in [0.5, 0.6) is 0 Å². The van der Waals surface area contributed by atoms with Crippen molar-refractivity contribution in [2.45, 2.75) is 44.8 Å². The number of aliphatic hydroxyl groups is 3. The number of carbonyl (C=O) groups excluding carboxylic acids is 2. The van der Waals surface area contributed by atoms with Gasteiger partial charge in [0.15, 0.2) is 11.6 Å². The lowest BCUT2D eigenvalue weighted by Gasteiger charge is -2.51. The zero-order valence-electron chi connectivity index (χ0n) is 15.0. The van der Waals surface area contributed by atoms with Crippen LogP contribution in [0.2, 0.25) is 0 Å². The first kappa shape index (κ1) is 17.6. The van der Waals surface area contributed by atoms with Gasteiger partial charge in [-0.05, 0) is 61.0 Å². The molecular formula is C21H24O5. The van der Waals surface area contributed by atoms with E-state index in [4.69, 9.17) is 0 Å². The molecule has 0 aromatic rings. The number of allylic oxidation sites excluding steroid dienone is 7. The van der Waals surface area contributed by atoms with Gasteiger partial charge in [-0.1, -0.05) is 25.2 Å². The molecule has 0 aromatic carbocycles. The fraction of sp³-hybridized carbons (Fsp3) is 0.524. The second-order valence-electron chi connectivity index (χ2n) is 8.41. The molecule has 4 aliphatic rings. The van der Waals surface area contributed by atoms with E-state index in [-0.39, 0.29) is 24.5 Å². The first-order chi connectivity index (χ1) is 12.2. The van der Waals surface area contributed by atoms with Crippen molar-refractivity contribution < 1.29 is 24.9 Å². The van der Waals surface area contributed by atoms with Crippen molar-refractivity contribution in [3.05, 3.63) is 47.1 Å². The van der Waals surface area contributed by atoms with Crippen LogP contribution in [0.3, 0.4) is 0 Å². The Morgan fingerprint density at radius 1 is 1.27 bits per heavy atom. The van der Waals surface area contributed by atoms with E-state index < -0.39 is 34.9 Å². The monoisotopic (exact) mass is 356 g/mol. The van der Waals surface area contributed by atoms with Gasteiger partial charge in [-0.3, -0.25) is 9.59 Å². The lowest BCUT2D eigenvalue weighted by Crippen LogP contribution is -2.56. The molecule has 0 spiro atoms. The molecule has 1 saturated carbocycles. The molecule has 0 radical (unpaired) electrons. The van der Waals surface area contributed by atoms with E-state index in [1.165, 1.54) is 6.08 Å². The van der Waals surface area contributed by atoms with Crippen LogP contribution in [0.25, 0.3) is 0 Å². The van der Waals surface area contributed by atoms with Crippen molar-refractivity contribution in [3.8, 4) is 0 Å². The molecule has 0 heterocycles. The van der Waals surface area contributed by atoms with Gasteiger partial charge in [0.1, 0.15) is 12.2 Å². The number of carbonyl (C=O) groups is 2. The minimum absolute atomic E-state index is 0.0647. The molecule has 5 atom stereocenters. The molecule has 1 fully saturated rings. The van der Waals surface area contributed by atoms with Gasteiger partial charge in [0.25, 0.3) is 0 Å². The summed E-state index contributed by atoms with van der Waals surface area (Å²) < 4.78 is 0. The molecule has 4 rings (SSSR count). The summed E-state index contributed by atoms with van der Waals surface area (Å²) in [4.78, 5) is 24.1. The van der Waals surface area contributed by atoms with E-state index >= 15 is 0 Å². The second kappa shape index (κ2) is 5.35. The third-order valence-corrected chi connectivity index (χ3v) is 7.23. The Bertz CT molecular complexity index is 831. The van der Waals surface area contributed by atoms with Crippen molar-refractivity contribution in [2.24, 2.45) is 16.7 Å².